The summed E-state index contributed by atoms with van der Waals surface area (Å²) in [5, 5.41) is 16.6. The van der Waals surface area contributed by atoms with Crippen LogP contribution >= 0.6 is 0 Å². The Hall–Kier alpha value is -4.21. The van der Waals surface area contributed by atoms with Crippen LogP contribution in [0.5, 0.6) is 0 Å². The molecule has 10 nitrogen and oxygen atoms in total. The minimum atomic E-state index is -1.22. The zero-order chi connectivity index (χ0) is 26.2. The van der Waals surface area contributed by atoms with Gasteiger partial charge in [0.05, 0.1) is 35.5 Å². The minimum absolute atomic E-state index is 0.0645. The molecule has 37 heavy (non-hydrogen) atoms. The van der Waals surface area contributed by atoms with Gasteiger partial charge in [-0.15, -0.1) is 0 Å². The number of carboxylic acid groups (broad SMARTS) is 1. The maximum Gasteiger partial charge on any atom is 0.432 e. The molecule has 0 unspecified atom stereocenters. The van der Waals surface area contributed by atoms with Crippen LogP contribution < -0.4 is 5.32 Å². The predicted molar refractivity (Wildman–Crippen MR) is 134 cm³/mol. The van der Waals surface area contributed by atoms with E-state index in [1.165, 1.54) is 13.3 Å². The molecule has 3 aromatic rings. The summed E-state index contributed by atoms with van der Waals surface area (Å²) in [6.45, 7) is 0.486. The topological polar surface area (TPSA) is 131 Å². The summed E-state index contributed by atoms with van der Waals surface area (Å²) in [6.07, 6.45) is 4.62. The van der Waals surface area contributed by atoms with E-state index in [1.807, 2.05) is 12.1 Å². The number of nitrogens with one attached hydrogen (secondary N) is 1. The number of ether oxygens (including phenoxy) is 1. The highest BCUT2D eigenvalue weighted by Gasteiger charge is 2.48. The molecule has 10 heteroatoms. The monoisotopic (exact) mass is 504 g/mol. The lowest BCUT2D eigenvalue weighted by atomic mass is 9.77. The molecule has 2 fully saturated rings. The minimum Gasteiger partial charge on any atom is -0.465 e. The van der Waals surface area contributed by atoms with Crippen LogP contribution in [0.1, 0.15) is 54.4 Å². The second kappa shape index (κ2) is 9.68. The molecule has 192 valence electrons. The van der Waals surface area contributed by atoms with Gasteiger partial charge in [0, 0.05) is 11.9 Å². The number of methoxy groups -OCH3 is 1. The summed E-state index contributed by atoms with van der Waals surface area (Å²) in [7, 11) is 1.33. The van der Waals surface area contributed by atoms with Gasteiger partial charge in [0.2, 0.25) is 11.8 Å². The van der Waals surface area contributed by atoms with E-state index in [0.29, 0.717) is 54.4 Å². The van der Waals surface area contributed by atoms with E-state index in [-0.39, 0.29) is 11.8 Å². The van der Waals surface area contributed by atoms with Crippen LogP contribution in [0.3, 0.4) is 0 Å². The molecule has 0 radical (unpaired) electrons. The van der Waals surface area contributed by atoms with Crippen molar-refractivity contribution < 1.29 is 29.0 Å². The maximum atomic E-state index is 14.1. The molecule has 2 amide bonds. The van der Waals surface area contributed by atoms with Gasteiger partial charge >= 0.3 is 12.1 Å². The van der Waals surface area contributed by atoms with E-state index in [4.69, 9.17) is 4.74 Å². The molecular weight excluding hydrogens is 476 g/mol. The number of amides is 2. The number of rotatable bonds is 5. The van der Waals surface area contributed by atoms with Gasteiger partial charge in [-0.1, -0.05) is 31.0 Å². The summed E-state index contributed by atoms with van der Waals surface area (Å²) < 4.78 is 5.64. The molecule has 0 bridgehead atoms. The number of fused-ring (bicyclic) bond motifs is 1. The Morgan fingerprint density at radius 3 is 2.46 bits per heavy atom. The van der Waals surface area contributed by atoms with E-state index in [0.717, 1.165) is 23.1 Å². The van der Waals surface area contributed by atoms with Gasteiger partial charge in [0.1, 0.15) is 6.04 Å². The molecule has 0 spiro atoms. The predicted octanol–water partition coefficient (Wildman–Crippen LogP) is 3.79. The Balaban J connectivity index is 1.40. The number of carbonyl (C=O) groups excluding carboxylic acids is 3. The molecule has 1 aliphatic heterocycles. The Kier molecular flexibility index (Phi) is 6.41. The molecular formula is C27H28N4O6. The van der Waals surface area contributed by atoms with E-state index in [1.54, 1.807) is 35.2 Å². The van der Waals surface area contributed by atoms with Crippen molar-refractivity contribution in [3.8, 4) is 0 Å². The van der Waals surface area contributed by atoms with Crippen molar-refractivity contribution >= 4 is 40.5 Å². The first-order valence-corrected chi connectivity index (χ1v) is 12.4. The summed E-state index contributed by atoms with van der Waals surface area (Å²) >= 11 is 0. The highest BCUT2D eigenvalue weighted by atomic mass is 16.5. The fraction of sp³-hybridized carbons (Fsp3) is 0.370. The van der Waals surface area contributed by atoms with E-state index in [9.17, 15) is 24.3 Å². The highest BCUT2D eigenvalue weighted by Crippen LogP contribution is 2.44. The van der Waals surface area contributed by atoms with Gasteiger partial charge in [-0.3, -0.25) is 9.59 Å². The van der Waals surface area contributed by atoms with Crippen LogP contribution in [0.25, 0.3) is 10.9 Å². The molecule has 1 aromatic heterocycles. The normalized spacial score (nSPS) is 18.6. The fourth-order valence-electron chi connectivity index (χ4n) is 5.73. The smallest absolute Gasteiger partial charge is 0.432 e. The van der Waals surface area contributed by atoms with Crippen molar-refractivity contribution in [2.24, 2.45) is 0 Å². The third-order valence-corrected chi connectivity index (χ3v) is 7.59. The SMILES string of the molecule is COC(=O)c1ccc(C2(C(=O)N3CCC[C@@H]3C(=O)Nc3cccc4c3cnn4C(=O)O)CCCC2)cc1. The number of hydrogen-bond donors (Lipinski definition) is 2. The van der Waals surface area contributed by atoms with Crippen molar-refractivity contribution in [3.05, 3.63) is 59.8 Å². The third kappa shape index (κ3) is 4.22. The molecule has 1 atom stereocenters. The second-order valence-corrected chi connectivity index (χ2v) is 9.58. The standard InChI is InChI=1S/C27H28N4O6/c1-37-24(33)17-9-11-18(12-10-17)27(13-2-3-14-27)25(34)30-15-5-8-22(30)23(32)29-20-6-4-7-21-19(20)16-28-31(21)26(35)36/h4,6-7,9-12,16,22H,2-3,5,8,13-15H2,1H3,(H,29,32)(H,35,36)/t22-/m1/s1. The maximum absolute atomic E-state index is 14.1. The lowest BCUT2D eigenvalue weighted by Crippen LogP contribution is -2.51. The van der Waals surface area contributed by atoms with Crippen LogP contribution in [-0.2, 0) is 19.7 Å². The first-order chi connectivity index (χ1) is 17.9. The Morgan fingerprint density at radius 1 is 1.05 bits per heavy atom. The van der Waals surface area contributed by atoms with Gasteiger partial charge in [-0.05, 0) is 55.5 Å². The lowest BCUT2D eigenvalue weighted by molar-refractivity contribution is -0.141. The molecule has 1 saturated carbocycles. The van der Waals surface area contributed by atoms with Gasteiger partial charge in [0.15, 0.2) is 0 Å². The average Bonchev–Trinajstić information content (AvgIpc) is 3.68. The molecule has 2 aliphatic rings. The first-order valence-electron chi connectivity index (χ1n) is 12.4. The summed E-state index contributed by atoms with van der Waals surface area (Å²) in [4.78, 5) is 52.5. The Bertz CT molecular complexity index is 1370. The van der Waals surface area contributed by atoms with E-state index >= 15 is 0 Å². The molecule has 5 rings (SSSR count). The molecule has 2 aromatic carbocycles. The number of nitrogens with zero attached hydrogens (tertiary/aromatic N) is 3. The quantitative estimate of drug-likeness (QED) is 0.506. The van der Waals surface area contributed by atoms with Gasteiger partial charge in [-0.25, -0.2) is 9.59 Å². The van der Waals surface area contributed by atoms with Crippen LogP contribution in [-0.4, -0.2) is 63.4 Å². The number of benzene rings is 2. The van der Waals surface area contributed by atoms with Crippen molar-refractivity contribution in [1.82, 2.24) is 14.7 Å². The summed E-state index contributed by atoms with van der Waals surface area (Å²) in [5.74, 6) is -0.806. The number of esters is 1. The van der Waals surface area contributed by atoms with Crippen LogP contribution in [0, 0.1) is 0 Å². The number of hydrogen-bond acceptors (Lipinski definition) is 6. The first kappa shape index (κ1) is 24.5. The molecule has 2 N–H and O–H groups in total. The Morgan fingerprint density at radius 2 is 1.78 bits per heavy atom. The van der Waals surface area contributed by atoms with Crippen molar-refractivity contribution in [3.63, 3.8) is 0 Å². The third-order valence-electron chi connectivity index (χ3n) is 7.59. The number of likely N-dealkylation sites (tertiary alicyclic amines) is 1. The van der Waals surface area contributed by atoms with E-state index < -0.39 is 23.5 Å². The summed E-state index contributed by atoms with van der Waals surface area (Å²) in [5.41, 5.74) is 1.35. The largest absolute Gasteiger partial charge is 0.465 e. The van der Waals surface area contributed by atoms with Crippen LogP contribution in [0.4, 0.5) is 10.5 Å². The number of aromatic nitrogens is 2. The molecule has 1 saturated heterocycles. The molecule has 1 aliphatic carbocycles. The van der Waals surface area contributed by atoms with Gasteiger partial charge in [-0.2, -0.15) is 9.78 Å². The van der Waals surface area contributed by atoms with Crippen molar-refractivity contribution in [1.29, 1.82) is 0 Å². The van der Waals surface area contributed by atoms with Gasteiger partial charge in [0.25, 0.3) is 0 Å². The Labute approximate surface area is 213 Å². The zero-order valence-corrected chi connectivity index (χ0v) is 20.5. The average molecular weight is 505 g/mol. The van der Waals surface area contributed by atoms with Crippen LogP contribution in [0.2, 0.25) is 0 Å². The summed E-state index contributed by atoms with van der Waals surface area (Å²) in [6, 6.07) is 11.3. The van der Waals surface area contributed by atoms with E-state index in [2.05, 4.69) is 10.4 Å². The van der Waals surface area contributed by atoms with Crippen molar-refractivity contribution in [2.45, 2.75) is 50.0 Å². The second-order valence-electron chi connectivity index (χ2n) is 9.58. The zero-order valence-electron chi connectivity index (χ0n) is 20.5. The highest BCUT2D eigenvalue weighted by molar-refractivity contribution is 6.05. The van der Waals surface area contributed by atoms with Crippen molar-refractivity contribution in [2.75, 3.05) is 19.0 Å². The van der Waals surface area contributed by atoms with Crippen LogP contribution in [0.15, 0.2) is 48.7 Å². The lowest BCUT2D eigenvalue weighted by Gasteiger charge is -2.35. The van der Waals surface area contributed by atoms with Gasteiger partial charge < -0.3 is 20.1 Å². The molecule has 2 heterocycles. The fourth-order valence-corrected chi connectivity index (χ4v) is 5.73. The number of anilines is 1. The number of carbonyl (C=O) groups is 4.